The molecule has 0 aliphatic heterocycles. The minimum Gasteiger partial charge on any atom is -0.480 e. The lowest BCUT2D eigenvalue weighted by atomic mass is 9.97. The quantitative estimate of drug-likeness (QED) is 0.350. The van der Waals surface area contributed by atoms with Gasteiger partial charge in [0, 0.05) is 6.42 Å². The topological polar surface area (TPSA) is 123 Å². The van der Waals surface area contributed by atoms with Gasteiger partial charge in [-0.2, -0.15) is 0 Å². The number of hydrogen-bond donors (Lipinski definition) is 3. The van der Waals surface area contributed by atoms with Crippen molar-refractivity contribution in [1.29, 1.82) is 0 Å². The maximum absolute atomic E-state index is 11.4. The molecule has 6 nitrogen and oxygen atoms in total. The maximum atomic E-state index is 11.4. The maximum Gasteiger partial charge on any atom is 0.320 e. The molecule has 0 aromatic carbocycles. The van der Waals surface area contributed by atoms with Crippen molar-refractivity contribution >= 4 is 18.0 Å². The van der Waals surface area contributed by atoms with Crippen LogP contribution in [0.2, 0.25) is 0 Å². The van der Waals surface area contributed by atoms with E-state index in [0.717, 1.165) is 0 Å². The Balaban J connectivity index is 4.00. The predicted molar refractivity (Wildman–Crippen MR) is 53.1 cm³/mol. The van der Waals surface area contributed by atoms with Gasteiger partial charge in [-0.3, -0.25) is 9.59 Å². The molecule has 0 amide bonds. The number of rotatable bonds is 8. The van der Waals surface area contributed by atoms with Gasteiger partial charge >= 0.3 is 5.97 Å². The largest absolute Gasteiger partial charge is 0.480 e. The molecule has 6 heteroatoms. The molecule has 0 saturated carbocycles. The number of nitrogens with two attached hydrogens (primary N) is 2. The standard InChI is InChI=1S/C9H16N2O4/c10-4-3-6(5-12)8(13)2-1-7(11)9(14)15/h5-7H,1-4,10-11H2,(H,14,15)/t6?,7-/m0/s1. The van der Waals surface area contributed by atoms with Gasteiger partial charge in [0.1, 0.15) is 18.1 Å². The first-order valence-corrected chi connectivity index (χ1v) is 4.69. The minimum absolute atomic E-state index is 0.00310. The summed E-state index contributed by atoms with van der Waals surface area (Å²) >= 11 is 0. The number of carbonyl (C=O) groups is 3. The molecular weight excluding hydrogens is 200 g/mol. The molecule has 5 N–H and O–H groups in total. The number of aldehydes is 1. The Labute approximate surface area is 87.6 Å². The summed E-state index contributed by atoms with van der Waals surface area (Å²) in [7, 11) is 0. The fourth-order valence-electron chi connectivity index (χ4n) is 1.09. The number of carboxylic acids is 1. The number of Topliss-reactive ketones (excluding diaryl/α,β-unsaturated/α-hetero) is 1. The van der Waals surface area contributed by atoms with E-state index in [9.17, 15) is 14.4 Å². The minimum atomic E-state index is -1.15. The number of carboxylic acid groups (broad SMARTS) is 1. The summed E-state index contributed by atoms with van der Waals surface area (Å²) in [6.07, 6.45) is 0.881. The third-order valence-corrected chi connectivity index (χ3v) is 2.07. The van der Waals surface area contributed by atoms with Crippen molar-refractivity contribution < 1.29 is 19.5 Å². The molecule has 15 heavy (non-hydrogen) atoms. The van der Waals surface area contributed by atoms with Crippen LogP contribution >= 0.6 is 0 Å². The van der Waals surface area contributed by atoms with Gasteiger partial charge in [-0.05, 0) is 19.4 Å². The van der Waals surface area contributed by atoms with Crippen LogP contribution in [0.15, 0.2) is 0 Å². The number of ketones is 1. The van der Waals surface area contributed by atoms with Crippen LogP contribution < -0.4 is 11.5 Å². The molecule has 0 aromatic heterocycles. The van der Waals surface area contributed by atoms with E-state index in [4.69, 9.17) is 16.6 Å². The molecule has 0 fully saturated rings. The van der Waals surface area contributed by atoms with Crippen molar-refractivity contribution in [2.24, 2.45) is 17.4 Å². The second-order valence-electron chi connectivity index (χ2n) is 3.27. The van der Waals surface area contributed by atoms with E-state index in [1.54, 1.807) is 0 Å². The van der Waals surface area contributed by atoms with E-state index in [-0.39, 0.29) is 25.2 Å². The monoisotopic (exact) mass is 216 g/mol. The SMILES string of the molecule is NCCC(C=O)C(=O)CC[C@H](N)C(=O)O. The van der Waals surface area contributed by atoms with Crippen molar-refractivity contribution in [2.45, 2.75) is 25.3 Å². The zero-order valence-corrected chi connectivity index (χ0v) is 8.39. The van der Waals surface area contributed by atoms with E-state index in [0.29, 0.717) is 12.7 Å². The van der Waals surface area contributed by atoms with Gasteiger partial charge in [0.15, 0.2) is 0 Å². The van der Waals surface area contributed by atoms with Crippen LogP contribution in [0.1, 0.15) is 19.3 Å². The average Bonchev–Trinajstić information content (AvgIpc) is 2.21. The first-order valence-electron chi connectivity index (χ1n) is 4.69. The Kier molecular flexibility index (Phi) is 6.48. The summed E-state index contributed by atoms with van der Waals surface area (Å²) in [6, 6.07) is -1.06. The van der Waals surface area contributed by atoms with Gasteiger partial charge in [0.05, 0.1) is 5.92 Å². The highest BCUT2D eigenvalue weighted by Crippen LogP contribution is 2.06. The normalized spacial score (nSPS) is 14.3. The summed E-state index contributed by atoms with van der Waals surface area (Å²) in [5, 5.41) is 8.47. The Hall–Kier alpha value is -1.27. The van der Waals surface area contributed by atoms with Crippen LogP contribution in [0.4, 0.5) is 0 Å². The molecule has 0 spiro atoms. The number of carbonyl (C=O) groups excluding carboxylic acids is 2. The van der Waals surface area contributed by atoms with E-state index in [2.05, 4.69) is 0 Å². The van der Waals surface area contributed by atoms with Crippen LogP contribution in [0.3, 0.4) is 0 Å². The molecule has 0 radical (unpaired) electrons. The van der Waals surface area contributed by atoms with E-state index in [1.165, 1.54) is 0 Å². The predicted octanol–water partition coefficient (Wildman–Crippen LogP) is -1.09. The Bertz CT molecular complexity index is 242. The fraction of sp³-hybridized carbons (Fsp3) is 0.667. The van der Waals surface area contributed by atoms with Crippen LogP contribution in [0.25, 0.3) is 0 Å². The zero-order valence-electron chi connectivity index (χ0n) is 8.39. The molecule has 1 unspecified atom stereocenters. The smallest absolute Gasteiger partial charge is 0.320 e. The Morgan fingerprint density at radius 2 is 1.93 bits per heavy atom. The molecule has 0 rings (SSSR count). The van der Waals surface area contributed by atoms with Gasteiger partial charge in [-0.1, -0.05) is 0 Å². The Morgan fingerprint density at radius 3 is 2.33 bits per heavy atom. The molecule has 0 bridgehead atoms. The molecule has 0 aliphatic rings. The zero-order chi connectivity index (χ0) is 11.8. The third kappa shape index (κ3) is 5.24. The van der Waals surface area contributed by atoms with Crippen molar-refractivity contribution in [2.75, 3.05) is 6.54 Å². The molecule has 0 saturated heterocycles. The molecule has 0 heterocycles. The van der Waals surface area contributed by atoms with Crippen LogP contribution in [-0.2, 0) is 14.4 Å². The first kappa shape index (κ1) is 13.7. The second-order valence-corrected chi connectivity index (χ2v) is 3.27. The molecular formula is C9H16N2O4. The second kappa shape index (κ2) is 7.08. The van der Waals surface area contributed by atoms with Gasteiger partial charge in [0.2, 0.25) is 0 Å². The van der Waals surface area contributed by atoms with E-state index < -0.39 is 17.9 Å². The van der Waals surface area contributed by atoms with E-state index >= 15 is 0 Å². The first-order chi connectivity index (χ1) is 7.02. The highest BCUT2D eigenvalue weighted by atomic mass is 16.4. The van der Waals surface area contributed by atoms with Gasteiger partial charge in [0.25, 0.3) is 0 Å². The van der Waals surface area contributed by atoms with Crippen LogP contribution in [-0.4, -0.2) is 35.7 Å². The van der Waals surface area contributed by atoms with Gasteiger partial charge in [-0.25, -0.2) is 0 Å². The number of aliphatic carboxylic acids is 1. The molecule has 2 atom stereocenters. The van der Waals surface area contributed by atoms with Crippen LogP contribution in [0, 0.1) is 5.92 Å². The lowest BCUT2D eigenvalue weighted by molar-refractivity contribution is -0.138. The molecule has 86 valence electrons. The average molecular weight is 216 g/mol. The van der Waals surface area contributed by atoms with E-state index in [1.807, 2.05) is 0 Å². The number of hydrogen-bond acceptors (Lipinski definition) is 5. The Morgan fingerprint density at radius 1 is 1.33 bits per heavy atom. The van der Waals surface area contributed by atoms with Crippen molar-refractivity contribution in [3.63, 3.8) is 0 Å². The summed E-state index contributed by atoms with van der Waals surface area (Å²) in [5.74, 6) is -2.17. The molecule has 0 aliphatic carbocycles. The summed E-state index contributed by atoms with van der Waals surface area (Å²) in [6.45, 7) is 0.250. The van der Waals surface area contributed by atoms with Gasteiger partial charge in [-0.15, -0.1) is 0 Å². The summed E-state index contributed by atoms with van der Waals surface area (Å²) < 4.78 is 0. The summed E-state index contributed by atoms with van der Waals surface area (Å²) in [4.78, 5) is 32.2. The highest BCUT2D eigenvalue weighted by molar-refractivity contribution is 5.93. The molecule has 0 aromatic rings. The fourth-order valence-corrected chi connectivity index (χ4v) is 1.09. The van der Waals surface area contributed by atoms with Gasteiger partial charge < -0.3 is 21.4 Å². The summed E-state index contributed by atoms with van der Waals surface area (Å²) in [5.41, 5.74) is 10.4. The highest BCUT2D eigenvalue weighted by Gasteiger charge is 2.19. The van der Waals surface area contributed by atoms with Crippen molar-refractivity contribution in [1.82, 2.24) is 0 Å². The lowest BCUT2D eigenvalue weighted by Gasteiger charge is -2.09. The van der Waals surface area contributed by atoms with Crippen LogP contribution in [0.5, 0.6) is 0 Å². The third-order valence-electron chi connectivity index (χ3n) is 2.07. The van der Waals surface area contributed by atoms with Crippen molar-refractivity contribution in [3.05, 3.63) is 0 Å². The lowest BCUT2D eigenvalue weighted by Crippen LogP contribution is -2.31. The van der Waals surface area contributed by atoms with Crippen molar-refractivity contribution in [3.8, 4) is 0 Å².